The Kier molecular flexibility index (Phi) is 1.81. The molecule has 1 nitrogen and oxygen atoms in total. The molecule has 13 heavy (non-hydrogen) atoms. The molecule has 0 aromatic heterocycles. The van der Waals surface area contributed by atoms with E-state index in [9.17, 15) is 0 Å². The minimum absolute atomic E-state index is 0.183. The van der Waals surface area contributed by atoms with Gasteiger partial charge < -0.3 is 4.90 Å². The van der Waals surface area contributed by atoms with Crippen LogP contribution in [0.15, 0.2) is 18.2 Å². The predicted molar refractivity (Wildman–Crippen MR) is 57.7 cm³/mol. The van der Waals surface area contributed by atoms with Crippen LogP contribution in [-0.4, -0.2) is 13.6 Å². The predicted octanol–water partition coefficient (Wildman–Crippen LogP) is 3.07. The normalized spacial score (nSPS) is 18.9. The summed E-state index contributed by atoms with van der Waals surface area (Å²) in [7, 11) is 2.11. The molecule has 0 radical (unpaired) electrons. The van der Waals surface area contributed by atoms with Crippen LogP contribution in [-0.2, 0) is 5.41 Å². The summed E-state index contributed by atoms with van der Waals surface area (Å²) in [6.07, 6.45) is 0. The molecule has 0 saturated heterocycles. The molecule has 2 heteroatoms. The van der Waals surface area contributed by atoms with Gasteiger partial charge in [-0.3, -0.25) is 0 Å². The maximum Gasteiger partial charge on any atom is 0.0464 e. The van der Waals surface area contributed by atoms with Gasteiger partial charge in [-0.2, -0.15) is 0 Å². The molecule has 0 spiro atoms. The Balaban J connectivity index is 2.66. The van der Waals surface area contributed by atoms with Crippen LogP contribution in [0.5, 0.6) is 0 Å². The van der Waals surface area contributed by atoms with E-state index in [0.717, 1.165) is 11.6 Å². The van der Waals surface area contributed by atoms with Crippen molar-refractivity contribution in [2.45, 2.75) is 19.3 Å². The van der Waals surface area contributed by atoms with Crippen LogP contribution in [0.1, 0.15) is 19.4 Å². The van der Waals surface area contributed by atoms with Crippen molar-refractivity contribution < 1.29 is 0 Å². The maximum atomic E-state index is 6.19. The Morgan fingerprint density at radius 3 is 2.69 bits per heavy atom. The number of anilines is 1. The fraction of sp³-hybridized carbons (Fsp3) is 0.455. The second kappa shape index (κ2) is 2.65. The molecule has 1 heterocycles. The van der Waals surface area contributed by atoms with Crippen molar-refractivity contribution in [1.82, 2.24) is 0 Å². The molecule has 70 valence electrons. The van der Waals surface area contributed by atoms with Crippen LogP contribution in [0, 0.1) is 0 Å². The van der Waals surface area contributed by atoms with E-state index in [0.29, 0.717) is 0 Å². The molecule has 0 N–H and O–H groups in total. The first-order chi connectivity index (χ1) is 6.02. The van der Waals surface area contributed by atoms with Gasteiger partial charge in [0.2, 0.25) is 0 Å². The van der Waals surface area contributed by atoms with Gasteiger partial charge in [0, 0.05) is 35.3 Å². The highest BCUT2D eigenvalue weighted by Crippen LogP contribution is 2.43. The molecule has 0 atom stereocenters. The first-order valence-electron chi connectivity index (χ1n) is 4.52. The van der Waals surface area contributed by atoms with Gasteiger partial charge in [0.25, 0.3) is 0 Å². The summed E-state index contributed by atoms with van der Waals surface area (Å²) in [6.45, 7) is 5.52. The standard InChI is InChI=1S/C11H14ClN/c1-11(2)7-13(3)9-6-4-5-8(12)10(9)11/h4-6H,7H2,1-3H3. The summed E-state index contributed by atoms with van der Waals surface area (Å²) in [5.41, 5.74) is 2.75. The zero-order chi connectivity index (χ0) is 9.64. The van der Waals surface area contributed by atoms with Gasteiger partial charge in [0.15, 0.2) is 0 Å². The van der Waals surface area contributed by atoms with E-state index in [1.165, 1.54) is 11.3 Å². The largest absolute Gasteiger partial charge is 0.373 e. The van der Waals surface area contributed by atoms with Crippen molar-refractivity contribution in [1.29, 1.82) is 0 Å². The third kappa shape index (κ3) is 1.22. The molecule has 1 aliphatic heterocycles. The molecule has 0 amide bonds. The number of fused-ring (bicyclic) bond motifs is 1. The van der Waals surface area contributed by atoms with Crippen molar-refractivity contribution in [2.24, 2.45) is 0 Å². The van der Waals surface area contributed by atoms with Crippen molar-refractivity contribution in [3.63, 3.8) is 0 Å². The summed E-state index contributed by atoms with van der Waals surface area (Å²) >= 11 is 6.19. The Hall–Kier alpha value is -0.690. The number of benzene rings is 1. The van der Waals surface area contributed by atoms with E-state index in [1.54, 1.807) is 0 Å². The van der Waals surface area contributed by atoms with Gasteiger partial charge in [-0.15, -0.1) is 0 Å². The molecule has 0 fully saturated rings. The fourth-order valence-corrected chi connectivity index (χ4v) is 2.68. The molecular formula is C11H14ClN. The van der Waals surface area contributed by atoms with Gasteiger partial charge in [-0.25, -0.2) is 0 Å². The van der Waals surface area contributed by atoms with Crippen molar-refractivity contribution in [2.75, 3.05) is 18.5 Å². The van der Waals surface area contributed by atoms with E-state index < -0.39 is 0 Å². The molecule has 1 aromatic carbocycles. The maximum absolute atomic E-state index is 6.19. The van der Waals surface area contributed by atoms with Crippen LogP contribution >= 0.6 is 11.6 Å². The van der Waals surface area contributed by atoms with Gasteiger partial charge >= 0.3 is 0 Å². The zero-order valence-corrected chi connectivity index (χ0v) is 9.02. The lowest BCUT2D eigenvalue weighted by Gasteiger charge is -2.19. The molecule has 1 aliphatic rings. The number of halogens is 1. The van der Waals surface area contributed by atoms with Crippen LogP contribution in [0.3, 0.4) is 0 Å². The summed E-state index contributed by atoms with van der Waals surface area (Å²) in [4.78, 5) is 2.27. The quantitative estimate of drug-likeness (QED) is 0.615. The number of hydrogen-bond donors (Lipinski definition) is 0. The molecular weight excluding hydrogens is 182 g/mol. The molecule has 0 unspecified atom stereocenters. The smallest absolute Gasteiger partial charge is 0.0464 e. The lowest BCUT2D eigenvalue weighted by Crippen LogP contribution is -2.25. The summed E-state index contributed by atoms with van der Waals surface area (Å²) in [5.74, 6) is 0. The van der Waals surface area contributed by atoms with Gasteiger partial charge in [0.1, 0.15) is 0 Å². The average molecular weight is 196 g/mol. The Bertz CT molecular complexity index is 344. The van der Waals surface area contributed by atoms with Crippen LogP contribution < -0.4 is 4.90 Å². The monoisotopic (exact) mass is 195 g/mol. The number of rotatable bonds is 0. The van der Waals surface area contributed by atoms with Gasteiger partial charge in [-0.05, 0) is 12.1 Å². The van der Waals surface area contributed by atoms with E-state index in [4.69, 9.17) is 11.6 Å². The highest BCUT2D eigenvalue weighted by atomic mass is 35.5. The second-order valence-corrected chi connectivity index (χ2v) is 4.78. The molecule has 1 aromatic rings. The minimum atomic E-state index is 0.183. The summed E-state index contributed by atoms with van der Waals surface area (Å²) in [6, 6.07) is 6.12. The molecule has 2 rings (SSSR count). The third-order valence-corrected chi connectivity index (χ3v) is 3.03. The minimum Gasteiger partial charge on any atom is -0.373 e. The van der Waals surface area contributed by atoms with Crippen molar-refractivity contribution >= 4 is 17.3 Å². The lowest BCUT2D eigenvalue weighted by atomic mass is 9.87. The topological polar surface area (TPSA) is 3.24 Å². The van der Waals surface area contributed by atoms with E-state index in [2.05, 4.69) is 31.9 Å². The Labute approximate surface area is 84.3 Å². The Morgan fingerprint density at radius 2 is 2.08 bits per heavy atom. The Morgan fingerprint density at radius 1 is 1.38 bits per heavy atom. The third-order valence-electron chi connectivity index (χ3n) is 2.71. The average Bonchev–Trinajstić information content (AvgIpc) is 2.24. The van der Waals surface area contributed by atoms with E-state index >= 15 is 0 Å². The first kappa shape index (κ1) is 8.89. The van der Waals surface area contributed by atoms with E-state index in [-0.39, 0.29) is 5.41 Å². The number of likely N-dealkylation sites (N-methyl/N-ethyl adjacent to an activating group) is 1. The summed E-state index contributed by atoms with van der Waals surface area (Å²) < 4.78 is 0. The van der Waals surface area contributed by atoms with Crippen molar-refractivity contribution in [3.8, 4) is 0 Å². The van der Waals surface area contributed by atoms with Gasteiger partial charge in [0.05, 0.1) is 0 Å². The van der Waals surface area contributed by atoms with Crippen LogP contribution in [0.25, 0.3) is 0 Å². The van der Waals surface area contributed by atoms with Gasteiger partial charge in [-0.1, -0.05) is 31.5 Å². The molecule has 0 bridgehead atoms. The highest BCUT2D eigenvalue weighted by Gasteiger charge is 2.34. The summed E-state index contributed by atoms with van der Waals surface area (Å²) in [5, 5.41) is 0.895. The number of nitrogens with zero attached hydrogens (tertiary/aromatic N) is 1. The molecule has 0 aliphatic carbocycles. The second-order valence-electron chi connectivity index (χ2n) is 4.37. The van der Waals surface area contributed by atoms with Crippen LogP contribution in [0.4, 0.5) is 5.69 Å². The van der Waals surface area contributed by atoms with Crippen molar-refractivity contribution in [3.05, 3.63) is 28.8 Å². The SMILES string of the molecule is CN1CC(C)(C)c2c(Cl)cccc21. The fourth-order valence-electron chi connectivity index (χ4n) is 2.26. The van der Waals surface area contributed by atoms with Crippen LogP contribution in [0.2, 0.25) is 5.02 Å². The first-order valence-corrected chi connectivity index (χ1v) is 4.90. The zero-order valence-electron chi connectivity index (χ0n) is 8.26. The van der Waals surface area contributed by atoms with E-state index in [1.807, 2.05) is 12.1 Å². The number of hydrogen-bond acceptors (Lipinski definition) is 1. The molecule has 0 saturated carbocycles. The highest BCUT2D eigenvalue weighted by molar-refractivity contribution is 6.32. The lowest BCUT2D eigenvalue weighted by molar-refractivity contribution is 0.563.